The number of aromatic nitrogens is 4. The standard InChI is InChI=1S/C19H18N6O/c1-3-4-5-8-14(11-12-20)13(2)25-16-10-7-6-9-15(16)22-19(25)17-18(21)24-26-23-17/h3-4,6-10H,2,5,11H2,1H3,(H2,21,24)/b4-3-,14-8-. The maximum Gasteiger partial charge on any atom is 0.199 e. The van der Waals surface area contributed by atoms with Gasteiger partial charge in [-0.2, -0.15) is 5.26 Å². The van der Waals surface area contributed by atoms with Crippen molar-refractivity contribution in [3.8, 4) is 17.6 Å². The summed E-state index contributed by atoms with van der Waals surface area (Å²) in [7, 11) is 0. The van der Waals surface area contributed by atoms with Crippen molar-refractivity contribution in [2.45, 2.75) is 19.8 Å². The molecule has 2 N–H and O–H groups in total. The number of nitrogen functional groups attached to an aromatic ring is 1. The fourth-order valence-electron chi connectivity index (χ4n) is 2.68. The molecule has 0 fully saturated rings. The third-order valence-corrected chi connectivity index (χ3v) is 3.93. The average molecular weight is 346 g/mol. The average Bonchev–Trinajstić information content (AvgIpc) is 3.23. The van der Waals surface area contributed by atoms with Crippen LogP contribution in [-0.2, 0) is 0 Å². The molecule has 0 spiro atoms. The zero-order chi connectivity index (χ0) is 18.5. The highest BCUT2D eigenvalue weighted by Gasteiger charge is 2.21. The Kier molecular flexibility index (Phi) is 4.94. The molecule has 0 atom stereocenters. The van der Waals surface area contributed by atoms with Gasteiger partial charge < -0.3 is 5.73 Å². The minimum Gasteiger partial charge on any atom is -0.379 e. The number of fused-ring (bicyclic) bond motifs is 1. The van der Waals surface area contributed by atoms with E-state index in [1.807, 2.05) is 54.0 Å². The summed E-state index contributed by atoms with van der Waals surface area (Å²) in [4.78, 5) is 4.61. The first-order valence-electron chi connectivity index (χ1n) is 8.10. The van der Waals surface area contributed by atoms with Crippen LogP contribution in [0.15, 0.2) is 59.3 Å². The lowest BCUT2D eigenvalue weighted by Crippen LogP contribution is -2.03. The highest BCUT2D eigenvalue weighted by Crippen LogP contribution is 2.32. The Labute approximate surface area is 150 Å². The molecule has 0 aliphatic heterocycles. The number of hydrogen-bond acceptors (Lipinski definition) is 6. The van der Waals surface area contributed by atoms with Gasteiger partial charge in [0.2, 0.25) is 0 Å². The van der Waals surface area contributed by atoms with Crippen molar-refractivity contribution in [2.24, 2.45) is 0 Å². The maximum absolute atomic E-state index is 9.22. The van der Waals surface area contributed by atoms with Crippen molar-refractivity contribution in [3.63, 3.8) is 0 Å². The molecule has 0 radical (unpaired) electrons. The van der Waals surface area contributed by atoms with Gasteiger partial charge in [0.15, 0.2) is 17.3 Å². The van der Waals surface area contributed by atoms with Gasteiger partial charge in [-0.3, -0.25) is 4.57 Å². The van der Waals surface area contributed by atoms with Crippen LogP contribution in [0.1, 0.15) is 19.8 Å². The molecule has 130 valence electrons. The molecule has 26 heavy (non-hydrogen) atoms. The topological polar surface area (TPSA) is 107 Å². The molecule has 7 heteroatoms. The molecule has 3 rings (SSSR count). The minimum atomic E-state index is 0.147. The summed E-state index contributed by atoms with van der Waals surface area (Å²) < 4.78 is 6.57. The van der Waals surface area contributed by atoms with E-state index in [9.17, 15) is 5.26 Å². The van der Waals surface area contributed by atoms with Gasteiger partial charge in [-0.25, -0.2) is 9.61 Å². The molecule has 1 aromatic carbocycles. The first-order chi connectivity index (χ1) is 12.7. The summed E-state index contributed by atoms with van der Waals surface area (Å²) in [6.45, 7) is 6.16. The van der Waals surface area contributed by atoms with Crippen LogP contribution in [0, 0.1) is 11.3 Å². The molecule has 0 unspecified atom stereocenters. The zero-order valence-corrected chi connectivity index (χ0v) is 14.4. The molecule has 0 saturated carbocycles. The second-order valence-corrected chi connectivity index (χ2v) is 5.57. The zero-order valence-electron chi connectivity index (χ0n) is 14.4. The van der Waals surface area contributed by atoms with Gasteiger partial charge in [0.05, 0.1) is 23.5 Å². The quantitative estimate of drug-likeness (QED) is 0.535. The van der Waals surface area contributed by atoms with Crippen LogP contribution >= 0.6 is 0 Å². The molecule has 0 aliphatic rings. The van der Waals surface area contributed by atoms with Crippen molar-refractivity contribution in [2.75, 3.05) is 5.73 Å². The summed E-state index contributed by atoms with van der Waals surface area (Å²) >= 11 is 0. The van der Waals surface area contributed by atoms with Crippen LogP contribution in [-0.4, -0.2) is 19.9 Å². The number of nitrogens with zero attached hydrogens (tertiary/aromatic N) is 5. The molecular weight excluding hydrogens is 328 g/mol. The van der Waals surface area contributed by atoms with Crippen LogP contribution < -0.4 is 5.73 Å². The number of imidazole rings is 1. The van der Waals surface area contributed by atoms with Crippen LogP contribution in [0.4, 0.5) is 5.82 Å². The number of allylic oxidation sites excluding steroid dienone is 5. The van der Waals surface area contributed by atoms with Gasteiger partial charge in [-0.05, 0) is 41.4 Å². The molecule has 2 aromatic heterocycles. The Morgan fingerprint density at radius 2 is 2.19 bits per heavy atom. The Bertz CT molecular complexity index is 1050. The van der Waals surface area contributed by atoms with E-state index in [-0.39, 0.29) is 12.2 Å². The molecule has 7 nitrogen and oxygen atoms in total. The van der Waals surface area contributed by atoms with E-state index in [1.54, 1.807) is 0 Å². The summed E-state index contributed by atoms with van der Waals surface area (Å²) in [5.41, 5.74) is 9.26. The summed E-state index contributed by atoms with van der Waals surface area (Å²) in [6.07, 6.45) is 6.89. The molecule has 0 amide bonds. The first kappa shape index (κ1) is 17.2. The van der Waals surface area contributed by atoms with E-state index in [2.05, 4.69) is 27.9 Å². The molecular formula is C19H18N6O. The van der Waals surface area contributed by atoms with E-state index in [0.717, 1.165) is 16.6 Å². The molecule has 0 bridgehead atoms. The number of nitrogens with two attached hydrogens (primary N) is 1. The largest absolute Gasteiger partial charge is 0.379 e. The van der Waals surface area contributed by atoms with Crippen molar-refractivity contribution in [1.29, 1.82) is 5.26 Å². The molecule has 0 saturated heterocycles. The third kappa shape index (κ3) is 3.13. The Hall–Kier alpha value is -3.66. The monoisotopic (exact) mass is 346 g/mol. The van der Waals surface area contributed by atoms with Gasteiger partial charge in [0.1, 0.15) is 0 Å². The predicted molar refractivity (Wildman–Crippen MR) is 101 cm³/mol. The van der Waals surface area contributed by atoms with E-state index in [0.29, 0.717) is 23.6 Å². The highest BCUT2D eigenvalue weighted by molar-refractivity contribution is 5.88. The van der Waals surface area contributed by atoms with Crippen molar-refractivity contribution < 1.29 is 4.63 Å². The Morgan fingerprint density at radius 1 is 1.38 bits per heavy atom. The van der Waals surface area contributed by atoms with E-state index < -0.39 is 0 Å². The smallest absolute Gasteiger partial charge is 0.199 e. The van der Waals surface area contributed by atoms with Gasteiger partial charge in [0, 0.05) is 5.70 Å². The summed E-state index contributed by atoms with van der Waals surface area (Å²) in [5.74, 6) is 0.624. The number of para-hydroxylation sites is 2. The van der Waals surface area contributed by atoms with Crippen LogP contribution in [0.3, 0.4) is 0 Å². The lowest BCUT2D eigenvalue weighted by molar-refractivity contribution is 0.310. The summed E-state index contributed by atoms with van der Waals surface area (Å²) in [5, 5.41) is 16.7. The fraction of sp³-hybridized carbons (Fsp3) is 0.158. The number of benzene rings is 1. The lowest BCUT2D eigenvalue weighted by Gasteiger charge is -2.13. The van der Waals surface area contributed by atoms with Crippen molar-refractivity contribution >= 4 is 22.5 Å². The maximum atomic E-state index is 9.22. The molecule has 0 aliphatic carbocycles. The van der Waals surface area contributed by atoms with Gasteiger partial charge in [-0.1, -0.05) is 36.9 Å². The van der Waals surface area contributed by atoms with Gasteiger partial charge >= 0.3 is 0 Å². The predicted octanol–water partition coefficient (Wildman–Crippen LogP) is 3.95. The normalized spacial score (nSPS) is 11.9. The van der Waals surface area contributed by atoms with Gasteiger partial charge in [-0.15, -0.1) is 0 Å². The first-order valence-corrected chi connectivity index (χ1v) is 8.10. The van der Waals surface area contributed by atoms with E-state index in [1.165, 1.54) is 0 Å². The third-order valence-electron chi connectivity index (χ3n) is 3.93. The number of nitriles is 1. The van der Waals surface area contributed by atoms with Crippen LogP contribution in [0.5, 0.6) is 0 Å². The number of rotatable bonds is 6. The molecule has 3 aromatic rings. The SMILES string of the molecule is C=C(/C(=C\C/C=C\C)CC#N)n1c(-c2nonc2N)nc2ccccc21. The fourth-order valence-corrected chi connectivity index (χ4v) is 2.68. The number of anilines is 1. The minimum absolute atomic E-state index is 0.147. The van der Waals surface area contributed by atoms with Crippen molar-refractivity contribution in [1.82, 2.24) is 19.9 Å². The summed E-state index contributed by atoms with van der Waals surface area (Å²) in [6, 6.07) is 9.82. The lowest BCUT2D eigenvalue weighted by atomic mass is 10.1. The second kappa shape index (κ2) is 7.49. The molecule has 2 heterocycles. The van der Waals surface area contributed by atoms with Crippen LogP contribution in [0.2, 0.25) is 0 Å². The van der Waals surface area contributed by atoms with Crippen molar-refractivity contribution in [3.05, 3.63) is 54.6 Å². The Balaban J connectivity index is 2.19. The highest BCUT2D eigenvalue weighted by atomic mass is 16.6. The van der Waals surface area contributed by atoms with E-state index in [4.69, 9.17) is 10.4 Å². The van der Waals surface area contributed by atoms with Gasteiger partial charge in [0.25, 0.3) is 0 Å². The van der Waals surface area contributed by atoms with E-state index >= 15 is 0 Å². The second-order valence-electron chi connectivity index (χ2n) is 5.57. The van der Waals surface area contributed by atoms with Crippen LogP contribution in [0.25, 0.3) is 28.2 Å². The Morgan fingerprint density at radius 3 is 2.88 bits per heavy atom. The number of hydrogen-bond donors (Lipinski definition) is 1.